The van der Waals surface area contributed by atoms with Gasteiger partial charge in [0.15, 0.2) is 0 Å². The highest BCUT2D eigenvalue weighted by Crippen LogP contribution is 2.43. The molecule has 2 aromatic rings. The monoisotopic (exact) mass is 367 g/mol. The van der Waals surface area contributed by atoms with Crippen molar-refractivity contribution in [3.8, 4) is 5.69 Å². The van der Waals surface area contributed by atoms with Crippen LogP contribution < -0.4 is 0 Å². The molecule has 6 nitrogen and oxygen atoms in total. The maximum absolute atomic E-state index is 13.0. The summed E-state index contributed by atoms with van der Waals surface area (Å²) in [6.45, 7) is -0.475. The summed E-state index contributed by atoms with van der Waals surface area (Å²) in [5.41, 5.74) is 0.144. The average Bonchev–Trinajstić information content (AvgIpc) is 3.31. The van der Waals surface area contributed by atoms with Crippen LogP contribution >= 0.6 is 0 Å². The topological polar surface area (TPSA) is 75.4 Å². The fraction of sp³-hybridized carbons (Fsp3) is 0.353. The first kappa shape index (κ1) is 18.0. The molecule has 138 valence electrons. The van der Waals surface area contributed by atoms with E-state index < -0.39 is 30.2 Å². The summed E-state index contributed by atoms with van der Waals surface area (Å²) >= 11 is 0. The van der Waals surface area contributed by atoms with Crippen molar-refractivity contribution >= 4 is 11.9 Å². The zero-order chi connectivity index (χ0) is 19.1. The second-order valence-corrected chi connectivity index (χ2v) is 6.23. The predicted octanol–water partition coefficient (Wildman–Crippen LogP) is 2.93. The molecule has 9 heteroatoms. The summed E-state index contributed by atoms with van der Waals surface area (Å²) in [5, 5.41) is 12.9. The van der Waals surface area contributed by atoms with Crippen LogP contribution in [0.4, 0.5) is 13.2 Å². The Morgan fingerprint density at radius 3 is 2.62 bits per heavy atom. The Bertz CT molecular complexity index is 856. The molecular formula is C17H16F3N3O3. The highest BCUT2D eigenvalue weighted by atomic mass is 19.4. The molecule has 0 aliphatic heterocycles. The van der Waals surface area contributed by atoms with Gasteiger partial charge in [-0.3, -0.25) is 9.59 Å². The number of carboxylic acids is 1. The Kier molecular flexibility index (Phi) is 4.47. The second kappa shape index (κ2) is 6.47. The standard InChI is InChI=1S/C17H16F3N3O3/c1-22(9-14(24)25)16(26)13-8-21-23(15(13)10-5-6-10)12-4-2-3-11(7-12)17(18,19)20/h2-4,7-8,10H,5-6,9H2,1H3,(H,24,25). The van der Waals surface area contributed by atoms with Crippen LogP contribution in [-0.4, -0.2) is 45.3 Å². The number of alkyl halides is 3. The van der Waals surface area contributed by atoms with Gasteiger partial charge in [0, 0.05) is 13.0 Å². The number of benzene rings is 1. The molecule has 3 rings (SSSR count). The van der Waals surface area contributed by atoms with Gasteiger partial charge in [-0.25, -0.2) is 4.68 Å². The molecule has 1 amide bonds. The molecule has 0 bridgehead atoms. The number of carbonyl (C=O) groups excluding carboxylic acids is 1. The third-order valence-corrected chi connectivity index (χ3v) is 4.14. The van der Waals surface area contributed by atoms with Crippen LogP contribution in [0.3, 0.4) is 0 Å². The molecule has 1 saturated carbocycles. The van der Waals surface area contributed by atoms with Gasteiger partial charge in [-0.1, -0.05) is 6.07 Å². The molecule has 1 N–H and O–H groups in total. The van der Waals surface area contributed by atoms with Gasteiger partial charge in [0.05, 0.1) is 28.7 Å². The van der Waals surface area contributed by atoms with Crippen LogP contribution in [0.1, 0.15) is 40.4 Å². The van der Waals surface area contributed by atoms with E-state index >= 15 is 0 Å². The quantitative estimate of drug-likeness (QED) is 0.882. The summed E-state index contributed by atoms with van der Waals surface area (Å²) < 4.78 is 40.3. The molecule has 1 heterocycles. The number of aliphatic carboxylic acids is 1. The lowest BCUT2D eigenvalue weighted by atomic mass is 10.1. The van der Waals surface area contributed by atoms with Gasteiger partial charge in [-0.15, -0.1) is 0 Å². The first-order valence-corrected chi connectivity index (χ1v) is 7.91. The van der Waals surface area contributed by atoms with E-state index in [9.17, 15) is 22.8 Å². The van der Waals surface area contributed by atoms with Crippen LogP contribution in [-0.2, 0) is 11.0 Å². The summed E-state index contributed by atoms with van der Waals surface area (Å²) in [6.07, 6.45) is -1.60. The summed E-state index contributed by atoms with van der Waals surface area (Å²) in [6, 6.07) is 4.72. The smallest absolute Gasteiger partial charge is 0.416 e. The van der Waals surface area contributed by atoms with Gasteiger partial charge in [0.1, 0.15) is 6.54 Å². The normalized spacial score (nSPS) is 14.3. The summed E-state index contributed by atoms with van der Waals surface area (Å²) in [5.74, 6) is -1.66. The number of carboxylic acid groups (broad SMARTS) is 1. The fourth-order valence-electron chi connectivity index (χ4n) is 2.77. The van der Waals surface area contributed by atoms with E-state index in [2.05, 4.69) is 5.10 Å². The molecule has 1 fully saturated rings. The van der Waals surface area contributed by atoms with Crippen molar-refractivity contribution in [1.82, 2.24) is 14.7 Å². The van der Waals surface area contributed by atoms with Gasteiger partial charge in [0.2, 0.25) is 0 Å². The van der Waals surface area contributed by atoms with Crippen molar-refractivity contribution in [2.45, 2.75) is 24.9 Å². The minimum Gasteiger partial charge on any atom is -0.480 e. The van der Waals surface area contributed by atoms with Crippen LogP contribution in [0.2, 0.25) is 0 Å². The van der Waals surface area contributed by atoms with E-state index in [1.54, 1.807) is 0 Å². The molecular weight excluding hydrogens is 351 g/mol. The minimum atomic E-state index is -4.48. The predicted molar refractivity (Wildman–Crippen MR) is 85.1 cm³/mol. The van der Waals surface area contributed by atoms with Gasteiger partial charge in [-0.05, 0) is 31.0 Å². The molecule has 1 aliphatic carbocycles. The zero-order valence-electron chi connectivity index (χ0n) is 13.8. The molecule has 1 aromatic carbocycles. The van der Waals surface area contributed by atoms with Gasteiger partial charge < -0.3 is 10.0 Å². The maximum Gasteiger partial charge on any atom is 0.416 e. The number of hydrogen-bond donors (Lipinski definition) is 1. The highest BCUT2D eigenvalue weighted by Gasteiger charge is 2.35. The number of nitrogens with zero attached hydrogens (tertiary/aromatic N) is 3. The number of halogens is 3. The fourth-order valence-corrected chi connectivity index (χ4v) is 2.77. The van der Waals surface area contributed by atoms with Crippen LogP contribution in [0.25, 0.3) is 5.69 Å². The lowest BCUT2D eigenvalue weighted by Gasteiger charge is -2.15. The maximum atomic E-state index is 13.0. The second-order valence-electron chi connectivity index (χ2n) is 6.23. The van der Waals surface area contributed by atoms with Crippen molar-refractivity contribution in [2.24, 2.45) is 0 Å². The molecule has 0 spiro atoms. The Hall–Kier alpha value is -2.84. The minimum absolute atomic E-state index is 0.0178. The third kappa shape index (κ3) is 3.56. The molecule has 0 radical (unpaired) electrons. The van der Waals surface area contributed by atoms with E-state index in [1.165, 1.54) is 30.1 Å². The third-order valence-electron chi connectivity index (χ3n) is 4.14. The summed E-state index contributed by atoms with van der Waals surface area (Å²) in [7, 11) is 1.36. The SMILES string of the molecule is CN(CC(=O)O)C(=O)c1cnn(-c2cccc(C(F)(F)F)c2)c1C1CC1. The zero-order valence-corrected chi connectivity index (χ0v) is 13.8. The van der Waals surface area contributed by atoms with Gasteiger partial charge in [-0.2, -0.15) is 18.3 Å². The van der Waals surface area contributed by atoms with E-state index in [0.717, 1.165) is 29.9 Å². The number of likely N-dealkylation sites (N-methyl/N-ethyl adjacent to an activating group) is 1. The Labute approximate surface area is 146 Å². The van der Waals surface area contributed by atoms with Crippen LogP contribution in [0.5, 0.6) is 0 Å². The Morgan fingerprint density at radius 2 is 2.04 bits per heavy atom. The molecule has 26 heavy (non-hydrogen) atoms. The average molecular weight is 367 g/mol. The number of rotatable bonds is 5. The van der Waals surface area contributed by atoms with Crippen molar-refractivity contribution in [1.29, 1.82) is 0 Å². The highest BCUT2D eigenvalue weighted by molar-refractivity contribution is 5.97. The molecule has 0 atom stereocenters. The lowest BCUT2D eigenvalue weighted by Crippen LogP contribution is -2.32. The first-order chi connectivity index (χ1) is 12.2. The number of carbonyl (C=O) groups is 2. The van der Waals surface area contributed by atoms with Crippen LogP contribution in [0.15, 0.2) is 30.5 Å². The van der Waals surface area contributed by atoms with Crippen molar-refractivity contribution < 1.29 is 27.9 Å². The number of hydrogen-bond acceptors (Lipinski definition) is 3. The molecule has 0 unspecified atom stereocenters. The summed E-state index contributed by atoms with van der Waals surface area (Å²) in [4.78, 5) is 24.4. The van der Waals surface area contributed by atoms with Gasteiger partial charge >= 0.3 is 12.1 Å². The molecule has 1 aliphatic rings. The van der Waals surface area contributed by atoms with E-state index in [1.807, 2.05) is 0 Å². The van der Waals surface area contributed by atoms with Crippen molar-refractivity contribution in [3.63, 3.8) is 0 Å². The van der Waals surface area contributed by atoms with Crippen molar-refractivity contribution in [2.75, 3.05) is 13.6 Å². The number of amides is 1. The lowest BCUT2D eigenvalue weighted by molar-refractivity contribution is -0.138. The largest absolute Gasteiger partial charge is 0.480 e. The van der Waals surface area contributed by atoms with E-state index in [0.29, 0.717) is 5.69 Å². The Morgan fingerprint density at radius 1 is 1.35 bits per heavy atom. The first-order valence-electron chi connectivity index (χ1n) is 7.91. The molecule has 1 aromatic heterocycles. The molecule has 0 saturated heterocycles. The van der Waals surface area contributed by atoms with Crippen molar-refractivity contribution in [3.05, 3.63) is 47.3 Å². The van der Waals surface area contributed by atoms with E-state index in [4.69, 9.17) is 5.11 Å². The van der Waals surface area contributed by atoms with E-state index in [-0.39, 0.29) is 17.2 Å². The van der Waals surface area contributed by atoms with Crippen LogP contribution in [0, 0.1) is 0 Å². The van der Waals surface area contributed by atoms with Gasteiger partial charge in [0.25, 0.3) is 5.91 Å². The number of aromatic nitrogens is 2. The Balaban J connectivity index is 2.01.